The number of hydrogen-bond acceptors (Lipinski definition) is 4. The van der Waals surface area contributed by atoms with Gasteiger partial charge in [-0.2, -0.15) is 8.42 Å². The number of nitrogens with one attached hydrogen (secondary N) is 1. The Morgan fingerprint density at radius 2 is 2.09 bits per heavy atom. The minimum atomic E-state index is -4.54. The molecule has 1 fully saturated rings. The first-order valence-electron chi connectivity index (χ1n) is 6.15. The molecule has 1 aliphatic rings. The predicted octanol–water partition coefficient (Wildman–Crippen LogP) is 1.86. The Balaban J connectivity index is 2.02. The van der Waals surface area contributed by atoms with Crippen LogP contribution in [-0.4, -0.2) is 40.3 Å². The molecule has 1 aromatic rings. The van der Waals surface area contributed by atoms with Crippen molar-refractivity contribution in [2.75, 3.05) is 0 Å². The van der Waals surface area contributed by atoms with Crippen LogP contribution in [0, 0.1) is 0 Å². The van der Waals surface area contributed by atoms with Gasteiger partial charge in [0.1, 0.15) is 6.04 Å². The molecule has 1 aliphatic heterocycles. The van der Waals surface area contributed by atoms with Crippen molar-refractivity contribution in [1.29, 1.82) is 0 Å². The van der Waals surface area contributed by atoms with Gasteiger partial charge in [-0.15, -0.1) is 0 Å². The Kier molecular flexibility index (Phi) is 4.98. The molecule has 1 heterocycles. The fraction of sp³-hybridized carbons (Fsp3) is 0.333. The molecule has 0 aromatic heterocycles. The Morgan fingerprint density at radius 3 is 2.64 bits per heavy atom. The van der Waals surface area contributed by atoms with Crippen molar-refractivity contribution in [3.05, 3.63) is 33.8 Å². The molecule has 1 saturated heterocycles. The minimum absolute atomic E-state index is 0.261. The molecule has 10 heteroatoms. The highest BCUT2D eigenvalue weighted by Crippen LogP contribution is 2.24. The number of amides is 1. The van der Waals surface area contributed by atoms with Gasteiger partial charge in [0, 0.05) is 16.5 Å². The molecule has 0 radical (unpaired) electrons. The van der Waals surface area contributed by atoms with Gasteiger partial charge >= 0.3 is 10.3 Å². The third kappa shape index (κ3) is 3.52. The second kappa shape index (κ2) is 6.29. The molecule has 22 heavy (non-hydrogen) atoms. The quantitative estimate of drug-likeness (QED) is 0.469. The Hall–Kier alpha value is -0.930. The highest BCUT2D eigenvalue weighted by molar-refractivity contribution is 7.84. The van der Waals surface area contributed by atoms with Gasteiger partial charge in [0.05, 0.1) is 11.0 Å². The number of benzene rings is 1. The zero-order valence-electron chi connectivity index (χ0n) is 11.3. The summed E-state index contributed by atoms with van der Waals surface area (Å²) >= 11 is 17.1. The van der Waals surface area contributed by atoms with Crippen LogP contribution in [0.2, 0.25) is 10.0 Å². The molecule has 0 aliphatic carbocycles. The van der Waals surface area contributed by atoms with E-state index in [1.807, 2.05) is 0 Å². The molecule has 6 nitrogen and oxygen atoms in total. The van der Waals surface area contributed by atoms with Crippen molar-refractivity contribution in [2.45, 2.75) is 25.4 Å². The summed E-state index contributed by atoms with van der Waals surface area (Å²) in [5.74, 6) is -0.755. The van der Waals surface area contributed by atoms with E-state index in [0.717, 1.165) is 0 Å². The molecule has 0 unspecified atom stereocenters. The van der Waals surface area contributed by atoms with Gasteiger partial charge < -0.3 is 5.32 Å². The molecule has 2 N–H and O–H groups in total. The fourth-order valence-electron chi connectivity index (χ4n) is 2.18. The van der Waals surface area contributed by atoms with Crippen molar-refractivity contribution in [1.82, 2.24) is 9.62 Å². The van der Waals surface area contributed by atoms with E-state index in [1.54, 1.807) is 18.2 Å². The van der Waals surface area contributed by atoms with Crippen LogP contribution in [0.3, 0.4) is 0 Å². The molecular weight excluding hydrogens is 371 g/mol. The molecule has 2 rings (SSSR count). The first-order valence-corrected chi connectivity index (χ1v) is 8.71. The van der Waals surface area contributed by atoms with Crippen LogP contribution in [0.25, 0.3) is 0 Å². The fourth-order valence-corrected chi connectivity index (χ4v) is 3.72. The van der Waals surface area contributed by atoms with Gasteiger partial charge in [0.15, 0.2) is 0 Å². The second-order valence-electron chi connectivity index (χ2n) is 4.81. The molecule has 120 valence electrons. The molecule has 1 amide bonds. The van der Waals surface area contributed by atoms with Crippen molar-refractivity contribution < 1.29 is 17.8 Å². The third-order valence-corrected chi connectivity index (χ3v) is 5.14. The van der Waals surface area contributed by atoms with Crippen LogP contribution in [0.4, 0.5) is 0 Å². The third-order valence-electron chi connectivity index (χ3n) is 3.26. The first kappa shape index (κ1) is 17.4. The Labute approximate surface area is 143 Å². The van der Waals surface area contributed by atoms with Gasteiger partial charge in [-0.25, -0.2) is 4.31 Å². The average molecular weight is 383 g/mol. The van der Waals surface area contributed by atoms with Gasteiger partial charge in [-0.1, -0.05) is 35.4 Å². The summed E-state index contributed by atoms with van der Waals surface area (Å²) in [5.41, 5.74) is 0.692. The van der Waals surface area contributed by atoms with E-state index in [4.69, 9.17) is 40.0 Å². The monoisotopic (exact) mass is 382 g/mol. The largest absolute Gasteiger partial charge is 0.366 e. The molecular formula is C12H12Cl2N2O4S2. The molecule has 0 spiro atoms. The van der Waals surface area contributed by atoms with Gasteiger partial charge in [0.25, 0.3) is 5.91 Å². The van der Waals surface area contributed by atoms with E-state index in [2.05, 4.69) is 5.32 Å². The average Bonchev–Trinajstić information content (AvgIpc) is 2.39. The number of rotatable bonds is 4. The summed E-state index contributed by atoms with van der Waals surface area (Å²) in [7, 11) is -4.54. The zero-order chi connectivity index (χ0) is 16.7. The number of nitrogens with zero attached hydrogens (tertiary/aromatic N) is 1. The van der Waals surface area contributed by atoms with Crippen LogP contribution in [0.5, 0.6) is 0 Å². The summed E-state index contributed by atoms with van der Waals surface area (Å²) in [6.45, 7) is 1.49. The maximum atomic E-state index is 11.7. The Morgan fingerprint density at radius 1 is 1.45 bits per heavy atom. The number of halogens is 2. The maximum absolute atomic E-state index is 11.7. The lowest BCUT2D eigenvalue weighted by atomic mass is 10.0. The lowest BCUT2D eigenvalue weighted by molar-refractivity contribution is -0.140. The number of β-lactam (4-membered cyclic amide) rings is 1. The highest BCUT2D eigenvalue weighted by atomic mass is 35.5. The maximum Gasteiger partial charge on any atom is 0.362 e. The lowest BCUT2D eigenvalue weighted by Gasteiger charge is -2.42. The summed E-state index contributed by atoms with van der Waals surface area (Å²) in [4.78, 5) is 12.1. The van der Waals surface area contributed by atoms with Crippen molar-refractivity contribution in [3.8, 4) is 0 Å². The van der Waals surface area contributed by atoms with Crippen molar-refractivity contribution >= 4 is 56.6 Å². The number of hydrogen-bond donors (Lipinski definition) is 2. The van der Waals surface area contributed by atoms with Crippen LogP contribution in [0.15, 0.2) is 18.2 Å². The Bertz CT molecular complexity index is 739. The van der Waals surface area contributed by atoms with Crippen molar-refractivity contribution in [3.63, 3.8) is 0 Å². The lowest BCUT2D eigenvalue weighted by Crippen LogP contribution is -2.70. The SMILES string of the molecule is C[C@H]1[C@@H](NC(=S)Cc2cc(Cl)ccc2Cl)C(=O)N1S(=O)(=O)O. The normalized spacial score (nSPS) is 21.5. The van der Waals surface area contributed by atoms with Crippen LogP contribution < -0.4 is 5.32 Å². The molecule has 2 atom stereocenters. The van der Waals surface area contributed by atoms with Crippen LogP contribution in [0.1, 0.15) is 12.5 Å². The van der Waals surface area contributed by atoms with E-state index < -0.39 is 28.3 Å². The standard InChI is InChI=1S/C12H12Cl2N2O4S2/c1-6-11(12(17)16(6)22(18,19)20)15-10(21)5-7-4-8(13)2-3-9(7)14/h2-4,6,11H,5H2,1H3,(H,15,21)(H,18,19,20)/t6-,11+/m0/s1. The molecule has 0 saturated carbocycles. The predicted molar refractivity (Wildman–Crippen MR) is 87.5 cm³/mol. The number of carbonyl (C=O) groups excluding carboxylic acids is 1. The zero-order valence-corrected chi connectivity index (χ0v) is 14.4. The summed E-state index contributed by atoms with van der Waals surface area (Å²) in [6, 6.07) is 3.42. The number of carbonyl (C=O) groups is 1. The summed E-state index contributed by atoms with van der Waals surface area (Å²) in [6.07, 6.45) is 0.261. The highest BCUT2D eigenvalue weighted by Gasteiger charge is 2.50. The van der Waals surface area contributed by atoms with Crippen LogP contribution in [-0.2, 0) is 21.5 Å². The summed E-state index contributed by atoms with van der Waals surface area (Å²) in [5, 5.41) is 3.77. The van der Waals surface area contributed by atoms with Gasteiger partial charge in [0.2, 0.25) is 0 Å². The van der Waals surface area contributed by atoms with Crippen molar-refractivity contribution in [2.24, 2.45) is 0 Å². The van der Waals surface area contributed by atoms with Gasteiger partial charge in [-0.05, 0) is 30.7 Å². The molecule has 1 aromatic carbocycles. The summed E-state index contributed by atoms with van der Waals surface area (Å²) < 4.78 is 31.3. The van der Waals surface area contributed by atoms with E-state index in [-0.39, 0.29) is 6.42 Å². The first-order chi connectivity index (χ1) is 10.1. The number of thiocarbonyl (C=S) groups is 1. The van der Waals surface area contributed by atoms with E-state index in [9.17, 15) is 13.2 Å². The van der Waals surface area contributed by atoms with Gasteiger partial charge in [-0.3, -0.25) is 9.35 Å². The molecule has 0 bridgehead atoms. The van der Waals surface area contributed by atoms with E-state index in [0.29, 0.717) is 24.9 Å². The topological polar surface area (TPSA) is 86.7 Å². The van der Waals surface area contributed by atoms with E-state index >= 15 is 0 Å². The van der Waals surface area contributed by atoms with Crippen LogP contribution >= 0.6 is 35.4 Å². The smallest absolute Gasteiger partial charge is 0.362 e. The second-order valence-corrected chi connectivity index (χ2v) is 7.44. The minimum Gasteiger partial charge on any atom is -0.366 e. The van der Waals surface area contributed by atoms with E-state index in [1.165, 1.54) is 6.92 Å².